The van der Waals surface area contributed by atoms with Gasteiger partial charge in [-0.05, 0) is 18.1 Å². The molecule has 0 saturated carbocycles. The van der Waals surface area contributed by atoms with Gasteiger partial charge in [-0.1, -0.05) is 70.0 Å². The zero-order chi connectivity index (χ0) is 15.6. The average molecular weight is 270 g/mol. The normalized spacial score (nSPS) is 11.1. The molecule has 0 aliphatic rings. The van der Waals surface area contributed by atoms with Crippen LogP contribution in [0.2, 0.25) is 0 Å². The van der Waals surface area contributed by atoms with Crippen LogP contribution in [0.25, 0.3) is 0 Å². The molecule has 0 N–H and O–H groups in total. The summed E-state index contributed by atoms with van der Waals surface area (Å²) in [5.41, 5.74) is 0.824. The van der Waals surface area contributed by atoms with Crippen LogP contribution in [0.1, 0.15) is 20.8 Å². The Hall–Kier alpha value is -1.77. The maximum atomic E-state index is 12.1. The quantitative estimate of drug-likeness (QED) is 0.543. The Kier molecular flexibility index (Phi) is 9.47. The molecule has 3 heteroatoms. The molecule has 0 saturated heterocycles. The van der Waals surface area contributed by atoms with Crippen molar-refractivity contribution in [2.24, 2.45) is 0 Å². The monoisotopic (exact) mass is 270 g/mol. The minimum Gasteiger partial charge on any atom is -0.166 e. The smallest absolute Gasteiger partial charge is 0.166 e. The van der Waals surface area contributed by atoms with E-state index in [1.54, 1.807) is 19.1 Å². The Bertz CT molecular complexity index is 404. The summed E-state index contributed by atoms with van der Waals surface area (Å²) < 4.78 is 36.4. The van der Waals surface area contributed by atoms with Crippen LogP contribution in [0.4, 0.5) is 13.2 Å². The van der Waals surface area contributed by atoms with E-state index in [0.29, 0.717) is 11.1 Å². The zero-order valence-corrected chi connectivity index (χ0v) is 11.8. The summed E-state index contributed by atoms with van der Waals surface area (Å²) in [7, 11) is 0. The van der Waals surface area contributed by atoms with Gasteiger partial charge in [0, 0.05) is 5.57 Å². The van der Waals surface area contributed by atoms with E-state index >= 15 is 0 Å². The highest BCUT2D eigenvalue weighted by molar-refractivity contribution is 5.45. The molecule has 0 nitrogen and oxygen atoms in total. The number of rotatable bonds is 5. The fourth-order valence-electron chi connectivity index (χ4n) is 0.753. The van der Waals surface area contributed by atoms with Crippen LogP contribution >= 0.6 is 0 Å². The van der Waals surface area contributed by atoms with E-state index < -0.39 is 11.7 Å². The van der Waals surface area contributed by atoms with Gasteiger partial charge in [0.05, 0.1) is 0 Å². The van der Waals surface area contributed by atoms with Crippen molar-refractivity contribution in [2.75, 3.05) is 0 Å². The van der Waals surface area contributed by atoms with Crippen molar-refractivity contribution in [2.45, 2.75) is 26.9 Å². The molecule has 0 fully saturated rings. The molecule has 0 heterocycles. The first-order valence-corrected chi connectivity index (χ1v) is 5.80. The van der Waals surface area contributed by atoms with E-state index in [1.165, 1.54) is 6.08 Å². The van der Waals surface area contributed by atoms with E-state index in [-0.39, 0.29) is 0 Å². The van der Waals surface area contributed by atoms with E-state index in [9.17, 15) is 13.2 Å². The van der Waals surface area contributed by atoms with Gasteiger partial charge < -0.3 is 0 Å². The van der Waals surface area contributed by atoms with Gasteiger partial charge in [0.25, 0.3) is 0 Å². The van der Waals surface area contributed by atoms with Crippen LogP contribution in [-0.4, -0.2) is 6.18 Å². The minimum absolute atomic E-state index is 0.396. The predicted molar refractivity (Wildman–Crippen MR) is 77.9 cm³/mol. The molecule has 19 heavy (non-hydrogen) atoms. The van der Waals surface area contributed by atoms with Crippen molar-refractivity contribution < 1.29 is 13.2 Å². The molecule has 0 aromatic carbocycles. The molecule has 0 atom stereocenters. The Morgan fingerprint density at radius 3 is 1.47 bits per heavy atom. The lowest BCUT2D eigenvalue weighted by atomic mass is 10.1. The lowest BCUT2D eigenvalue weighted by Gasteiger charge is -2.05. The van der Waals surface area contributed by atoms with Crippen LogP contribution in [0.5, 0.6) is 0 Å². The number of alkyl halides is 3. The second-order valence-electron chi connectivity index (χ2n) is 3.59. The van der Waals surface area contributed by atoms with Crippen LogP contribution < -0.4 is 0 Å². The third kappa shape index (κ3) is 9.89. The minimum atomic E-state index is -4.41. The molecule has 0 unspecified atom stereocenters. The number of allylic oxidation sites excluding steroid dienone is 8. The lowest BCUT2D eigenvalue weighted by molar-refractivity contribution is -0.0878. The summed E-state index contributed by atoms with van der Waals surface area (Å²) in [6, 6.07) is 0. The number of halogens is 3. The van der Waals surface area contributed by atoms with Gasteiger partial charge in [-0.25, -0.2) is 0 Å². The SMILES string of the molecule is C=C(C)/C=C\C(=C)C(=C)/C=C\C(=C)C(F)(F)F.CC. The largest absolute Gasteiger partial charge is 0.415 e. The standard InChI is InChI=1S/C14H15F3.C2H6/c1-10(2)6-7-11(3)12(4)8-9-13(5)14(15,16)17;1-2/h6-9H,1,3-5H2,2H3;1-2H3/b7-6-,9-8-;. The van der Waals surface area contributed by atoms with Crippen molar-refractivity contribution >= 4 is 0 Å². The summed E-state index contributed by atoms with van der Waals surface area (Å²) in [5, 5.41) is 0. The molecule has 0 radical (unpaired) electrons. The summed E-state index contributed by atoms with van der Waals surface area (Å²) in [6.45, 7) is 19.7. The highest BCUT2D eigenvalue weighted by Crippen LogP contribution is 2.25. The van der Waals surface area contributed by atoms with Crippen LogP contribution in [0.3, 0.4) is 0 Å². The van der Waals surface area contributed by atoms with E-state index in [1.807, 2.05) is 13.8 Å². The van der Waals surface area contributed by atoms with Gasteiger partial charge in [0.2, 0.25) is 0 Å². The van der Waals surface area contributed by atoms with Crippen LogP contribution in [0, 0.1) is 0 Å². The molecule has 0 aliphatic carbocycles. The average Bonchev–Trinajstić information content (AvgIpc) is 2.33. The molecule has 0 amide bonds. The maximum absolute atomic E-state index is 12.1. The second kappa shape index (κ2) is 9.20. The van der Waals surface area contributed by atoms with Gasteiger partial charge >= 0.3 is 6.18 Å². The number of hydrogen-bond acceptors (Lipinski definition) is 0. The fraction of sp³-hybridized carbons (Fsp3) is 0.250. The van der Waals surface area contributed by atoms with Crippen LogP contribution in [0.15, 0.2) is 72.9 Å². The van der Waals surface area contributed by atoms with Crippen molar-refractivity contribution in [3.8, 4) is 0 Å². The van der Waals surface area contributed by atoms with Crippen LogP contribution in [-0.2, 0) is 0 Å². The van der Waals surface area contributed by atoms with E-state index in [4.69, 9.17) is 0 Å². The summed E-state index contributed by atoms with van der Waals surface area (Å²) in [6.07, 6.45) is 1.06. The van der Waals surface area contributed by atoms with Crippen molar-refractivity contribution in [1.29, 1.82) is 0 Å². The molecular weight excluding hydrogens is 249 g/mol. The predicted octanol–water partition coefficient (Wildman–Crippen LogP) is 5.93. The molecule has 0 aliphatic heterocycles. The highest BCUT2D eigenvalue weighted by Gasteiger charge is 2.29. The highest BCUT2D eigenvalue weighted by atomic mass is 19.4. The molecular formula is C16H21F3. The number of hydrogen-bond donors (Lipinski definition) is 0. The zero-order valence-electron chi connectivity index (χ0n) is 11.8. The molecule has 0 aromatic rings. The van der Waals surface area contributed by atoms with Crippen molar-refractivity contribution in [3.05, 3.63) is 72.9 Å². The Labute approximate surface area is 114 Å². The van der Waals surface area contributed by atoms with Gasteiger partial charge in [-0.15, -0.1) is 0 Å². The Morgan fingerprint density at radius 1 is 0.789 bits per heavy atom. The maximum Gasteiger partial charge on any atom is 0.415 e. The van der Waals surface area contributed by atoms with Crippen molar-refractivity contribution in [1.82, 2.24) is 0 Å². The van der Waals surface area contributed by atoms with Gasteiger partial charge in [-0.2, -0.15) is 13.2 Å². The van der Waals surface area contributed by atoms with Gasteiger partial charge in [-0.3, -0.25) is 0 Å². The lowest BCUT2D eigenvalue weighted by Crippen LogP contribution is -2.08. The van der Waals surface area contributed by atoms with Crippen molar-refractivity contribution in [3.63, 3.8) is 0 Å². The van der Waals surface area contributed by atoms with E-state index in [0.717, 1.165) is 11.6 Å². The fourth-order valence-corrected chi connectivity index (χ4v) is 0.753. The molecule has 0 spiro atoms. The summed E-state index contributed by atoms with van der Waals surface area (Å²) in [4.78, 5) is 0. The Balaban J connectivity index is 0. The third-order valence-corrected chi connectivity index (χ3v) is 1.83. The second-order valence-corrected chi connectivity index (χ2v) is 3.59. The first-order valence-electron chi connectivity index (χ1n) is 5.80. The Morgan fingerprint density at radius 2 is 1.16 bits per heavy atom. The third-order valence-electron chi connectivity index (χ3n) is 1.83. The topological polar surface area (TPSA) is 0 Å². The summed E-state index contributed by atoms with van der Waals surface area (Å²) >= 11 is 0. The van der Waals surface area contributed by atoms with Gasteiger partial charge in [0.15, 0.2) is 0 Å². The van der Waals surface area contributed by atoms with E-state index in [2.05, 4.69) is 26.3 Å². The molecule has 0 aromatic heterocycles. The molecule has 0 bridgehead atoms. The first-order chi connectivity index (χ1) is 8.64. The molecule has 0 rings (SSSR count). The molecule has 106 valence electrons. The first kappa shape index (κ1) is 19.6. The van der Waals surface area contributed by atoms with Gasteiger partial charge in [0.1, 0.15) is 0 Å². The summed E-state index contributed by atoms with van der Waals surface area (Å²) in [5.74, 6) is 0.